The second-order valence-corrected chi connectivity index (χ2v) is 4.32. The molecule has 1 heterocycles. The van der Waals surface area contributed by atoms with Gasteiger partial charge < -0.3 is 29.2 Å². The van der Waals surface area contributed by atoms with Gasteiger partial charge in [-0.05, 0) is 6.07 Å². The average Bonchev–Trinajstić information content (AvgIpc) is 2.83. The first kappa shape index (κ1) is 18.7. The summed E-state index contributed by atoms with van der Waals surface area (Å²) in [5, 5.41) is 1.15. The van der Waals surface area contributed by atoms with Crippen LogP contribution >= 0.6 is 0 Å². The Balaban J connectivity index is 0.00000108. The van der Waals surface area contributed by atoms with Gasteiger partial charge in [0.1, 0.15) is 5.58 Å². The van der Waals surface area contributed by atoms with Crippen LogP contribution in [0.4, 0.5) is 0 Å². The van der Waals surface area contributed by atoms with Gasteiger partial charge in [-0.1, -0.05) is 44.0 Å². The van der Waals surface area contributed by atoms with E-state index in [1.165, 1.54) is 5.57 Å². The first-order valence-corrected chi connectivity index (χ1v) is 5.54. The molecular formula is C15H13Cl2OZr. The maximum Gasteiger partial charge on any atom is 3.00 e. The number of rotatable bonds is 1. The maximum atomic E-state index is 5.80. The minimum atomic E-state index is 0. The standard InChI is InChI=1S/C15H13O.2ClH.Zr/c1-10-7-13(8-11(10)2)15-9-12-5-3-4-6-14(12)16-15;;;/h3-7,9,11H,1-2H3;2*1H;/q-1;;;+3/p-2. The number of halogens is 2. The Kier molecular flexibility index (Phi) is 7.36. The quantitative estimate of drug-likeness (QED) is 0.541. The molecule has 97 valence electrons. The first-order chi connectivity index (χ1) is 7.74. The number of hydrogen-bond acceptors (Lipinski definition) is 1. The minimum Gasteiger partial charge on any atom is -1.00 e. The third-order valence-electron chi connectivity index (χ3n) is 3.12. The van der Waals surface area contributed by atoms with Gasteiger partial charge in [0.15, 0.2) is 0 Å². The van der Waals surface area contributed by atoms with Gasteiger partial charge in [0.25, 0.3) is 0 Å². The molecule has 19 heavy (non-hydrogen) atoms. The molecule has 3 rings (SSSR count). The van der Waals surface area contributed by atoms with Gasteiger partial charge in [0, 0.05) is 11.1 Å². The Labute approximate surface area is 145 Å². The van der Waals surface area contributed by atoms with Crippen LogP contribution in [0.25, 0.3) is 16.5 Å². The van der Waals surface area contributed by atoms with Crippen molar-refractivity contribution in [1.82, 2.24) is 0 Å². The summed E-state index contributed by atoms with van der Waals surface area (Å²) in [4.78, 5) is 0. The van der Waals surface area contributed by atoms with Crippen molar-refractivity contribution in [2.45, 2.75) is 13.8 Å². The number of para-hydroxylation sites is 1. The molecule has 1 nitrogen and oxygen atoms in total. The van der Waals surface area contributed by atoms with Crippen LogP contribution in [0.1, 0.15) is 19.6 Å². The minimum absolute atomic E-state index is 0. The number of benzene rings is 1. The average molecular weight is 371 g/mol. The number of hydrogen-bond donors (Lipinski definition) is 0. The fraction of sp³-hybridized carbons (Fsp3) is 0.200. The molecule has 2 aromatic rings. The molecule has 1 aromatic carbocycles. The largest absolute Gasteiger partial charge is 3.00 e. The SMILES string of the molecule is CC1=CC(c2cc3ccccc3o2)=[C-]C1C.[Cl-].[Cl-].[Zr+3]. The molecule has 0 fully saturated rings. The number of furan rings is 1. The van der Waals surface area contributed by atoms with Crippen molar-refractivity contribution in [3.8, 4) is 0 Å². The molecular weight excluding hydrogens is 358 g/mol. The van der Waals surface area contributed by atoms with Gasteiger partial charge in [0.05, 0.1) is 0 Å². The van der Waals surface area contributed by atoms with E-state index >= 15 is 0 Å². The van der Waals surface area contributed by atoms with E-state index in [1.54, 1.807) is 0 Å². The molecule has 0 saturated heterocycles. The molecule has 0 bridgehead atoms. The van der Waals surface area contributed by atoms with Crippen LogP contribution in [0.2, 0.25) is 0 Å². The fourth-order valence-electron chi connectivity index (χ4n) is 2.00. The van der Waals surface area contributed by atoms with E-state index < -0.39 is 0 Å². The van der Waals surface area contributed by atoms with Crippen molar-refractivity contribution in [2.75, 3.05) is 0 Å². The van der Waals surface area contributed by atoms with Gasteiger partial charge >= 0.3 is 26.2 Å². The van der Waals surface area contributed by atoms with Crippen LogP contribution in [0.5, 0.6) is 0 Å². The molecule has 1 unspecified atom stereocenters. The maximum absolute atomic E-state index is 5.80. The van der Waals surface area contributed by atoms with E-state index in [9.17, 15) is 0 Å². The van der Waals surface area contributed by atoms with Crippen molar-refractivity contribution in [3.63, 3.8) is 0 Å². The van der Waals surface area contributed by atoms with E-state index in [4.69, 9.17) is 4.42 Å². The van der Waals surface area contributed by atoms with Gasteiger partial charge in [-0.2, -0.15) is 17.7 Å². The molecule has 0 spiro atoms. The zero-order valence-electron chi connectivity index (χ0n) is 10.7. The second kappa shape index (κ2) is 7.48. The van der Waals surface area contributed by atoms with E-state index in [1.807, 2.05) is 18.2 Å². The number of fused-ring (bicyclic) bond motifs is 1. The Morgan fingerprint density at radius 2 is 1.84 bits per heavy atom. The summed E-state index contributed by atoms with van der Waals surface area (Å²) < 4.78 is 5.80. The molecule has 0 amide bonds. The van der Waals surface area contributed by atoms with Crippen molar-refractivity contribution in [2.24, 2.45) is 5.92 Å². The van der Waals surface area contributed by atoms with Crippen LogP contribution in [0.15, 0.2) is 46.4 Å². The third-order valence-corrected chi connectivity index (χ3v) is 3.12. The molecule has 1 aliphatic carbocycles. The topological polar surface area (TPSA) is 13.1 Å². The monoisotopic (exact) mass is 369 g/mol. The number of allylic oxidation sites excluding steroid dienone is 4. The third kappa shape index (κ3) is 3.62. The van der Waals surface area contributed by atoms with E-state index in [0.717, 1.165) is 22.3 Å². The Morgan fingerprint density at radius 1 is 1.16 bits per heavy atom. The summed E-state index contributed by atoms with van der Waals surface area (Å²) in [6.45, 7) is 4.29. The van der Waals surface area contributed by atoms with Gasteiger partial charge in [0.2, 0.25) is 0 Å². The van der Waals surface area contributed by atoms with Crippen LogP contribution in [-0.2, 0) is 26.2 Å². The first-order valence-electron chi connectivity index (χ1n) is 5.54. The van der Waals surface area contributed by atoms with Crippen molar-refractivity contribution < 1.29 is 55.4 Å². The smallest absolute Gasteiger partial charge is 1.00 e. The normalized spacial score (nSPS) is 16.8. The summed E-state index contributed by atoms with van der Waals surface area (Å²) in [6, 6.07) is 10.2. The summed E-state index contributed by atoms with van der Waals surface area (Å²) in [5.74, 6) is 1.33. The van der Waals surface area contributed by atoms with Crippen LogP contribution < -0.4 is 24.8 Å². The summed E-state index contributed by atoms with van der Waals surface area (Å²) in [6.07, 6.45) is 5.57. The Hall–Kier alpha value is -0.297. The molecule has 0 N–H and O–H groups in total. The van der Waals surface area contributed by atoms with E-state index in [-0.39, 0.29) is 51.0 Å². The Bertz CT molecular complexity index is 580. The molecule has 0 aliphatic heterocycles. The zero-order chi connectivity index (χ0) is 11.1. The van der Waals surface area contributed by atoms with E-state index in [2.05, 4.69) is 38.1 Å². The van der Waals surface area contributed by atoms with Crippen molar-refractivity contribution in [3.05, 3.63) is 53.8 Å². The predicted molar refractivity (Wildman–Crippen MR) is 65.8 cm³/mol. The molecule has 1 aromatic heterocycles. The fourth-order valence-corrected chi connectivity index (χ4v) is 2.00. The molecule has 1 atom stereocenters. The van der Waals surface area contributed by atoms with Gasteiger partial charge in [-0.15, -0.1) is 5.57 Å². The predicted octanol–water partition coefficient (Wildman–Crippen LogP) is -1.78. The van der Waals surface area contributed by atoms with Crippen LogP contribution in [0, 0.1) is 12.0 Å². The van der Waals surface area contributed by atoms with Crippen molar-refractivity contribution in [1.29, 1.82) is 0 Å². The molecule has 0 saturated carbocycles. The summed E-state index contributed by atoms with van der Waals surface area (Å²) in [7, 11) is 0. The summed E-state index contributed by atoms with van der Waals surface area (Å²) >= 11 is 0. The zero-order valence-corrected chi connectivity index (χ0v) is 14.7. The molecule has 4 heteroatoms. The molecule has 1 aliphatic rings. The van der Waals surface area contributed by atoms with Crippen LogP contribution in [-0.4, -0.2) is 0 Å². The van der Waals surface area contributed by atoms with Crippen molar-refractivity contribution >= 4 is 16.5 Å². The Morgan fingerprint density at radius 3 is 2.42 bits per heavy atom. The van der Waals surface area contributed by atoms with E-state index in [0.29, 0.717) is 5.92 Å². The molecule has 1 radical (unpaired) electrons. The van der Waals surface area contributed by atoms with Gasteiger partial charge in [-0.3, -0.25) is 0 Å². The van der Waals surface area contributed by atoms with Crippen LogP contribution in [0.3, 0.4) is 0 Å². The summed E-state index contributed by atoms with van der Waals surface area (Å²) in [5.41, 5.74) is 3.37. The van der Waals surface area contributed by atoms with Gasteiger partial charge in [-0.25, -0.2) is 0 Å². The second-order valence-electron chi connectivity index (χ2n) is 4.32.